The Morgan fingerprint density at radius 3 is 2.53 bits per heavy atom. The predicted molar refractivity (Wildman–Crippen MR) is 167 cm³/mol. The number of nitrogens with one attached hydrogen (secondary N) is 1. The number of hydrogen-bond donors (Lipinski definition) is 1. The lowest BCUT2D eigenvalue weighted by molar-refractivity contribution is 0.0730. The minimum Gasteiger partial charge on any atom is -0.454 e. The van der Waals surface area contributed by atoms with Gasteiger partial charge < -0.3 is 19.5 Å². The molecule has 0 saturated carbocycles. The number of morpholine rings is 1. The first-order chi connectivity index (χ1) is 20.9. The SMILES string of the molecule is Cc1c(Cc2ccc3c(c2)OCO3)sc(NC(=O)c2ccc(S(=O)(=O)N3CCOCC3)cc2)c1-c1nc2ccccc2s1. The summed E-state index contributed by atoms with van der Waals surface area (Å²) in [5.74, 6) is 1.14. The first-order valence-electron chi connectivity index (χ1n) is 13.7. The Bertz CT molecular complexity index is 1910. The van der Waals surface area contributed by atoms with Gasteiger partial charge >= 0.3 is 0 Å². The van der Waals surface area contributed by atoms with Crippen LogP contribution >= 0.6 is 22.7 Å². The summed E-state index contributed by atoms with van der Waals surface area (Å²) in [6.45, 7) is 3.63. The molecule has 220 valence electrons. The van der Waals surface area contributed by atoms with Crippen LogP contribution in [0, 0.1) is 6.92 Å². The van der Waals surface area contributed by atoms with Gasteiger partial charge in [0.2, 0.25) is 16.8 Å². The van der Waals surface area contributed by atoms with Crippen molar-refractivity contribution in [2.75, 3.05) is 38.4 Å². The van der Waals surface area contributed by atoms with E-state index in [2.05, 4.69) is 12.2 Å². The normalized spacial score (nSPS) is 15.2. The fourth-order valence-corrected chi connectivity index (χ4v) is 8.96. The van der Waals surface area contributed by atoms with Gasteiger partial charge in [0, 0.05) is 35.5 Å². The van der Waals surface area contributed by atoms with Crippen molar-refractivity contribution in [3.63, 3.8) is 0 Å². The molecule has 0 spiro atoms. The fourth-order valence-electron chi connectivity index (χ4n) is 5.18. The summed E-state index contributed by atoms with van der Waals surface area (Å²) < 4.78 is 44.9. The van der Waals surface area contributed by atoms with Gasteiger partial charge in [-0.2, -0.15) is 4.31 Å². The molecule has 9 nitrogen and oxygen atoms in total. The minimum atomic E-state index is -3.65. The van der Waals surface area contributed by atoms with E-state index in [4.69, 9.17) is 19.2 Å². The largest absolute Gasteiger partial charge is 0.454 e. The van der Waals surface area contributed by atoms with Crippen molar-refractivity contribution in [2.24, 2.45) is 0 Å². The Hall–Kier alpha value is -3.81. The summed E-state index contributed by atoms with van der Waals surface area (Å²) in [6.07, 6.45) is 0.648. The van der Waals surface area contributed by atoms with Crippen LogP contribution in [0.4, 0.5) is 5.00 Å². The second kappa shape index (κ2) is 11.4. The van der Waals surface area contributed by atoms with Crippen molar-refractivity contribution in [2.45, 2.75) is 18.2 Å². The molecule has 1 amide bonds. The maximum atomic E-state index is 13.5. The molecule has 2 aliphatic rings. The van der Waals surface area contributed by atoms with Crippen molar-refractivity contribution in [1.29, 1.82) is 0 Å². The van der Waals surface area contributed by atoms with Gasteiger partial charge in [-0.15, -0.1) is 22.7 Å². The number of amides is 1. The highest BCUT2D eigenvalue weighted by Gasteiger charge is 2.27. The second-order valence-corrected chi connectivity index (χ2v) is 14.3. The maximum Gasteiger partial charge on any atom is 0.256 e. The summed E-state index contributed by atoms with van der Waals surface area (Å²) in [5, 5.41) is 4.63. The van der Waals surface area contributed by atoms with E-state index < -0.39 is 10.0 Å². The Morgan fingerprint density at radius 2 is 1.74 bits per heavy atom. The molecule has 12 heteroatoms. The number of rotatable bonds is 7. The molecule has 1 saturated heterocycles. The van der Waals surface area contributed by atoms with Gasteiger partial charge in [-0.25, -0.2) is 13.4 Å². The van der Waals surface area contributed by atoms with E-state index in [0.29, 0.717) is 43.3 Å². The predicted octanol–water partition coefficient (Wildman–Crippen LogP) is 5.93. The van der Waals surface area contributed by atoms with Crippen molar-refractivity contribution in [1.82, 2.24) is 9.29 Å². The molecule has 43 heavy (non-hydrogen) atoms. The Morgan fingerprint density at radius 1 is 0.977 bits per heavy atom. The Labute approximate surface area is 256 Å². The Kier molecular flexibility index (Phi) is 7.39. The number of carbonyl (C=O) groups excluding carboxylic acids is 1. The lowest BCUT2D eigenvalue weighted by atomic mass is 10.1. The fraction of sp³-hybridized carbons (Fsp3) is 0.226. The molecule has 0 aliphatic carbocycles. The van der Waals surface area contributed by atoms with Gasteiger partial charge in [0.15, 0.2) is 11.5 Å². The molecule has 7 rings (SSSR count). The van der Waals surface area contributed by atoms with E-state index in [1.807, 2.05) is 42.5 Å². The van der Waals surface area contributed by atoms with Crippen molar-refractivity contribution < 1.29 is 27.4 Å². The van der Waals surface area contributed by atoms with Crippen LogP contribution in [0.25, 0.3) is 20.8 Å². The third kappa shape index (κ3) is 5.41. The number of ether oxygens (including phenoxy) is 3. The molecular weight excluding hydrogens is 607 g/mol. The summed E-state index contributed by atoms with van der Waals surface area (Å²) in [6, 6.07) is 20.0. The van der Waals surface area contributed by atoms with Gasteiger partial charge in [0.25, 0.3) is 5.91 Å². The molecule has 0 radical (unpaired) electrons. The molecule has 2 aliphatic heterocycles. The first kappa shape index (κ1) is 28.0. The van der Waals surface area contributed by atoms with Crippen LogP contribution in [0.1, 0.15) is 26.4 Å². The van der Waals surface area contributed by atoms with E-state index in [1.165, 1.54) is 27.8 Å². The summed E-state index contributed by atoms with van der Waals surface area (Å²) in [7, 11) is -3.65. The third-order valence-corrected chi connectivity index (χ3v) is 11.7. The van der Waals surface area contributed by atoms with Gasteiger partial charge in [0.05, 0.1) is 28.3 Å². The summed E-state index contributed by atoms with van der Waals surface area (Å²) in [4.78, 5) is 19.6. The van der Waals surface area contributed by atoms with E-state index >= 15 is 0 Å². The number of nitrogens with zero attached hydrogens (tertiary/aromatic N) is 2. The zero-order chi connectivity index (χ0) is 29.6. The van der Waals surface area contributed by atoms with E-state index in [-0.39, 0.29) is 17.6 Å². The smallest absolute Gasteiger partial charge is 0.256 e. The molecule has 4 heterocycles. The molecule has 0 atom stereocenters. The standard InChI is InChI=1S/C31H27N3O6S3/c1-19-27(17-20-6-11-24-25(16-20)40-18-39-24)42-31(28(19)30-32-23-4-2-3-5-26(23)41-30)33-29(35)21-7-9-22(10-8-21)43(36,37)34-12-14-38-15-13-34/h2-11,16H,12-15,17-18H2,1H3,(H,33,35). The highest BCUT2D eigenvalue weighted by Crippen LogP contribution is 2.45. The molecule has 5 aromatic rings. The van der Waals surface area contributed by atoms with Crippen LogP contribution in [0.3, 0.4) is 0 Å². The maximum absolute atomic E-state index is 13.5. The van der Waals surface area contributed by atoms with E-state index in [1.54, 1.807) is 23.5 Å². The van der Waals surface area contributed by atoms with Gasteiger partial charge in [-0.1, -0.05) is 18.2 Å². The number of thiophene rings is 1. The number of para-hydroxylation sites is 1. The van der Waals surface area contributed by atoms with Crippen LogP contribution < -0.4 is 14.8 Å². The number of hydrogen-bond acceptors (Lipinski definition) is 9. The van der Waals surface area contributed by atoms with E-state index in [9.17, 15) is 13.2 Å². The van der Waals surface area contributed by atoms with Gasteiger partial charge in [-0.05, 0) is 66.6 Å². The van der Waals surface area contributed by atoms with Crippen LogP contribution in [-0.2, 0) is 21.2 Å². The van der Waals surface area contributed by atoms with Crippen LogP contribution in [0.15, 0.2) is 71.6 Å². The number of benzene rings is 3. The zero-order valence-electron chi connectivity index (χ0n) is 23.2. The second-order valence-electron chi connectivity index (χ2n) is 10.2. The van der Waals surface area contributed by atoms with E-state index in [0.717, 1.165) is 48.3 Å². The highest BCUT2D eigenvalue weighted by molar-refractivity contribution is 7.89. The number of carbonyl (C=O) groups is 1. The average molecular weight is 634 g/mol. The lowest BCUT2D eigenvalue weighted by Gasteiger charge is -2.26. The highest BCUT2D eigenvalue weighted by atomic mass is 32.2. The molecular formula is C31H27N3O6S3. The lowest BCUT2D eigenvalue weighted by Crippen LogP contribution is -2.40. The zero-order valence-corrected chi connectivity index (χ0v) is 25.6. The quantitative estimate of drug-likeness (QED) is 0.237. The number of aromatic nitrogens is 1. The van der Waals surface area contributed by atoms with Crippen LogP contribution in [0.2, 0.25) is 0 Å². The average Bonchev–Trinajstić information content (AvgIpc) is 3.74. The van der Waals surface area contributed by atoms with Gasteiger partial charge in [-0.3, -0.25) is 4.79 Å². The first-order valence-corrected chi connectivity index (χ1v) is 16.8. The molecule has 0 unspecified atom stereocenters. The van der Waals surface area contributed by atoms with Gasteiger partial charge in [0.1, 0.15) is 10.0 Å². The number of sulfonamides is 1. The molecule has 1 N–H and O–H groups in total. The summed E-state index contributed by atoms with van der Waals surface area (Å²) >= 11 is 3.10. The summed E-state index contributed by atoms with van der Waals surface area (Å²) in [5.41, 5.74) is 4.27. The topological polar surface area (TPSA) is 107 Å². The van der Waals surface area contributed by atoms with Crippen LogP contribution in [0.5, 0.6) is 11.5 Å². The Balaban J connectivity index is 1.20. The minimum absolute atomic E-state index is 0.152. The molecule has 3 aromatic carbocycles. The van der Waals surface area contributed by atoms with Crippen LogP contribution in [-0.4, -0.2) is 56.7 Å². The number of anilines is 1. The molecule has 1 fully saturated rings. The number of fused-ring (bicyclic) bond motifs is 2. The third-order valence-electron chi connectivity index (χ3n) is 7.51. The number of thiazole rings is 1. The molecule has 0 bridgehead atoms. The van der Waals surface area contributed by atoms with Crippen molar-refractivity contribution in [3.8, 4) is 22.1 Å². The van der Waals surface area contributed by atoms with Crippen molar-refractivity contribution >= 4 is 53.8 Å². The monoisotopic (exact) mass is 633 g/mol. The van der Waals surface area contributed by atoms with Crippen molar-refractivity contribution in [3.05, 3.63) is 88.3 Å². The molecule has 2 aromatic heterocycles.